The smallest absolute Gasteiger partial charge is 0.339 e. The summed E-state index contributed by atoms with van der Waals surface area (Å²) in [5.41, 5.74) is 4.77. The molecule has 5 aromatic rings. The number of phenolic OH excluding ortho intramolecular Hbond substituents is 1. The van der Waals surface area contributed by atoms with Crippen molar-refractivity contribution in [3.8, 4) is 5.75 Å². The molecular weight excluding hydrogens is 456 g/mol. The van der Waals surface area contributed by atoms with Gasteiger partial charge in [0.15, 0.2) is 0 Å². The van der Waals surface area contributed by atoms with Gasteiger partial charge in [0.25, 0.3) is 0 Å². The number of fused-ring (bicyclic) bond motifs is 1. The van der Waals surface area contributed by atoms with Crippen LogP contribution in [-0.4, -0.2) is 5.11 Å². The van der Waals surface area contributed by atoms with Crippen LogP contribution in [0.2, 0.25) is 0 Å². The largest absolute Gasteiger partial charge is 0.508 e. The Morgan fingerprint density at radius 3 is 1.89 bits per heavy atom. The predicted molar refractivity (Wildman–Crippen MR) is 150 cm³/mol. The lowest BCUT2D eigenvalue weighted by atomic mass is 9.71. The van der Waals surface area contributed by atoms with Gasteiger partial charge in [0, 0.05) is 22.9 Å². The minimum atomic E-state index is -0.359. The van der Waals surface area contributed by atoms with Crippen LogP contribution in [0, 0.1) is 0 Å². The number of benzene rings is 4. The van der Waals surface area contributed by atoms with E-state index >= 15 is 0 Å². The van der Waals surface area contributed by atoms with Crippen molar-refractivity contribution in [2.24, 2.45) is 0 Å². The molecule has 0 spiro atoms. The van der Waals surface area contributed by atoms with Crippen molar-refractivity contribution in [2.45, 2.75) is 44.4 Å². The summed E-state index contributed by atoms with van der Waals surface area (Å²) in [5.74, 6) is 0.143. The van der Waals surface area contributed by atoms with E-state index < -0.39 is 0 Å². The zero-order valence-electron chi connectivity index (χ0n) is 21.5. The van der Waals surface area contributed by atoms with E-state index in [4.69, 9.17) is 4.42 Å². The van der Waals surface area contributed by atoms with E-state index in [0.29, 0.717) is 17.6 Å². The van der Waals surface area contributed by atoms with Crippen LogP contribution < -0.4 is 5.63 Å². The quantitative estimate of drug-likeness (QED) is 0.236. The zero-order chi connectivity index (χ0) is 26.0. The number of rotatable bonds is 7. The van der Waals surface area contributed by atoms with Crippen molar-refractivity contribution in [1.82, 2.24) is 0 Å². The number of aromatic hydroxyl groups is 1. The Balaban J connectivity index is 1.56. The normalized spacial score (nSPS) is 12.6. The monoisotopic (exact) mass is 488 g/mol. The first-order valence-corrected chi connectivity index (χ1v) is 12.8. The molecule has 0 aliphatic rings. The van der Waals surface area contributed by atoms with Gasteiger partial charge in [0.2, 0.25) is 0 Å². The minimum Gasteiger partial charge on any atom is -0.508 e. The molecule has 0 amide bonds. The highest BCUT2D eigenvalue weighted by Crippen LogP contribution is 2.39. The average molecular weight is 489 g/mol. The van der Waals surface area contributed by atoms with E-state index in [2.05, 4.69) is 57.2 Å². The molecular formula is C34H32O3. The molecule has 0 aliphatic carbocycles. The van der Waals surface area contributed by atoms with Gasteiger partial charge in [-0.1, -0.05) is 112 Å². The summed E-state index contributed by atoms with van der Waals surface area (Å²) in [6.07, 6.45) is 0.620. The highest BCUT2D eigenvalue weighted by molar-refractivity contribution is 5.80. The first kappa shape index (κ1) is 24.6. The number of hydrogen-bond acceptors (Lipinski definition) is 3. The van der Waals surface area contributed by atoms with Gasteiger partial charge >= 0.3 is 5.63 Å². The van der Waals surface area contributed by atoms with Gasteiger partial charge in [0.05, 0.1) is 0 Å². The first-order chi connectivity index (χ1) is 17.8. The van der Waals surface area contributed by atoms with Gasteiger partial charge in [-0.25, -0.2) is 4.79 Å². The third kappa shape index (κ3) is 4.95. The maximum atomic E-state index is 13.0. The maximum Gasteiger partial charge on any atom is 0.339 e. The summed E-state index contributed by atoms with van der Waals surface area (Å²) < 4.78 is 5.74. The van der Waals surface area contributed by atoms with Gasteiger partial charge in [-0.05, 0) is 52.1 Å². The molecule has 0 saturated heterocycles. The Kier molecular flexibility index (Phi) is 6.71. The van der Waals surface area contributed by atoms with Crippen molar-refractivity contribution >= 4 is 11.0 Å². The SMILES string of the molecule is CC(c1cc2cc(CC(c3ccccc3)c3ccccc3)c(O)cc2oc1=O)C(C)(C)c1ccccc1. The zero-order valence-corrected chi connectivity index (χ0v) is 21.5. The van der Waals surface area contributed by atoms with Crippen LogP contribution in [0.15, 0.2) is 118 Å². The van der Waals surface area contributed by atoms with Crippen LogP contribution in [0.1, 0.15) is 60.4 Å². The summed E-state index contributed by atoms with van der Waals surface area (Å²) in [5, 5.41) is 11.8. The Morgan fingerprint density at radius 2 is 1.32 bits per heavy atom. The lowest BCUT2D eigenvalue weighted by Gasteiger charge is -2.32. The van der Waals surface area contributed by atoms with Gasteiger partial charge in [-0.15, -0.1) is 0 Å². The lowest BCUT2D eigenvalue weighted by Crippen LogP contribution is -2.28. The fourth-order valence-corrected chi connectivity index (χ4v) is 5.21. The second-order valence-electron chi connectivity index (χ2n) is 10.4. The highest BCUT2D eigenvalue weighted by Gasteiger charge is 2.31. The van der Waals surface area contributed by atoms with E-state index in [1.807, 2.05) is 66.7 Å². The molecule has 1 N–H and O–H groups in total. The van der Waals surface area contributed by atoms with Crippen LogP contribution >= 0.6 is 0 Å². The molecule has 0 fully saturated rings. The lowest BCUT2D eigenvalue weighted by molar-refractivity contribution is 0.419. The summed E-state index contributed by atoms with van der Waals surface area (Å²) in [7, 11) is 0. The van der Waals surface area contributed by atoms with E-state index in [1.54, 1.807) is 6.07 Å². The fourth-order valence-electron chi connectivity index (χ4n) is 5.21. The van der Waals surface area contributed by atoms with Crippen LogP contribution in [0.4, 0.5) is 0 Å². The van der Waals surface area contributed by atoms with E-state index in [-0.39, 0.29) is 28.6 Å². The summed E-state index contributed by atoms with van der Waals surface area (Å²) >= 11 is 0. The first-order valence-electron chi connectivity index (χ1n) is 12.8. The standard InChI is InChI=1S/C34H32O3/c1-23(34(2,3)28-17-11-6-12-18-28)29-21-27-19-26(31(35)22-32(27)37-33(29)36)20-30(24-13-7-4-8-14-24)25-15-9-5-10-16-25/h4-19,21-23,30,35H,20H2,1-3H3. The molecule has 1 aromatic heterocycles. The van der Waals surface area contributed by atoms with Crippen molar-refractivity contribution in [3.63, 3.8) is 0 Å². The minimum absolute atomic E-state index is 0.0748. The molecule has 1 unspecified atom stereocenters. The molecule has 186 valence electrons. The Morgan fingerprint density at radius 1 is 0.784 bits per heavy atom. The third-order valence-corrected chi connectivity index (χ3v) is 7.86. The molecule has 4 aromatic carbocycles. The maximum absolute atomic E-state index is 13.0. The van der Waals surface area contributed by atoms with Crippen molar-refractivity contribution in [2.75, 3.05) is 0 Å². The molecule has 1 atom stereocenters. The van der Waals surface area contributed by atoms with Gasteiger partial charge in [-0.2, -0.15) is 0 Å². The van der Waals surface area contributed by atoms with Crippen molar-refractivity contribution in [3.05, 3.63) is 147 Å². The molecule has 1 heterocycles. The molecule has 3 nitrogen and oxygen atoms in total. The van der Waals surface area contributed by atoms with Crippen molar-refractivity contribution in [1.29, 1.82) is 0 Å². The molecule has 0 radical (unpaired) electrons. The van der Waals surface area contributed by atoms with Crippen LogP contribution in [0.3, 0.4) is 0 Å². The second-order valence-corrected chi connectivity index (χ2v) is 10.4. The molecule has 0 saturated carbocycles. The molecule has 0 aliphatic heterocycles. The third-order valence-electron chi connectivity index (χ3n) is 7.86. The van der Waals surface area contributed by atoms with E-state index in [9.17, 15) is 9.90 Å². The van der Waals surface area contributed by atoms with Crippen LogP contribution in [0.25, 0.3) is 11.0 Å². The van der Waals surface area contributed by atoms with Crippen LogP contribution in [-0.2, 0) is 11.8 Å². The Bertz CT molecular complexity index is 1510. The Hall–Kier alpha value is -4.11. The summed E-state index contributed by atoms with van der Waals surface area (Å²) in [6, 6.07) is 36.5. The summed E-state index contributed by atoms with van der Waals surface area (Å²) in [4.78, 5) is 13.0. The van der Waals surface area contributed by atoms with Crippen molar-refractivity contribution < 1.29 is 9.52 Å². The Labute approximate surface area is 218 Å². The molecule has 37 heavy (non-hydrogen) atoms. The topological polar surface area (TPSA) is 50.4 Å². The van der Waals surface area contributed by atoms with Gasteiger partial charge < -0.3 is 9.52 Å². The average Bonchev–Trinajstić information content (AvgIpc) is 2.93. The number of phenols is 1. The van der Waals surface area contributed by atoms with Gasteiger partial charge in [0.1, 0.15) is 11.3 Å². The fraction of sp³-hybridized carbons (Fsp3) is 0.206. The molecule has 3 heteroatoms. The predicted octanol–water partition coefficient (Wildman–Crippen LogP) is 7.95. The van der Waals surface area contributed by atoms with E-state index in [0.717, 1.165) is 10.9 Å². The summed E-state index contributed by atoms with van der Waals surface area (Å²) in [6.45, 7) is 6.39. The van der Waals surface area contributed by atoms with E-state index in [1.165, 1.54) is 16.7 Å². The highest BCUT2D eigenvalue weighted by atomic mass is 16.4. The second kappa shape index (κ2) is 10.1. The van der Waals surface area contributed by atoms with Crippen LogP contribution in [0.5, 0.6) is 5.75 Å². The van der Waals surface area contributed by atoms with Gasteiger partial charge in [-0.3, -0.25) is 0 Å². The molecule has 0 bridgehead atoms. The molecule has 5 rings (SSSR count). The number of hydrogen-bond donors (Lipinski definition) is 1.